The molecular weight excluding hydrogens is 280 g/mol. The molecule has 0 saturated heterocycles. The number of fused-ring (bicyclic) bond motifs is 1. The van der Waals surface area contributed by atoms with Gasteiger partial charge in [0.05, 0.1) is 12.1 Å². The summed E-state index contributed by atoms with van der Waals surface area (Å²) in [7, 11) is 1.78. The lowest BCUT2D eigenvalue weighted by Crippen LogP contribution is -2.43. The van der Waals surface area contributed by atoms with Gasteiger partial charge >= 0.3 is 5.82 Å². The first kappa shape index (κ1) is 13.3. The highest BCUT2D eigenvalue weighted by Crippen LogP contribution is 2.34. The molecule has 2 heterocycles. The van der Waals surface area contributed by atoms with Crippen LogP contribution in [0.25, 0.3) is 4.96 Å². The van der Waals surface area contributed by atoms with E-state index in [1.807, 2.05) is 0 Å². The lowest BCUT2D eigenvalue weighted by atomic mass is 9.91. The summed E-state index contributed by atoms with van der Waals surface area (Å²) in [5.74, 6) is 0.314. The van der Waals surface area contributed by atoms with Gasteiger partial charge in [-0.05, 0) is 17.8 Å². The molecule has 2 aromatic rings. The summed E-state index contributed by atoms with van der Waals surface area (Å²) >= 11 is 1.36. The largest absolute Gasteiger partial charge is 0.391 e. The van der Waals surface area contributed by atoms with E-state index in [2.05, 4.69) is 4.98 Å². The third kappa shape index (κ3) is 2.04. The van der Waals surface area contributed by atoms with Crippen LogP contribution in [-0.4, -0.2) is 38.6 Å². The van der Waals surface area contributed by atoms with Gasteiger partial charge in [-0.25, -0.2) is 0 Å². The SMILES string of the molecule is CN(c1nc2sccn2c1[N+](=O)[O-])C1CCCCC1O. The molecule has 0 bridgehead atoms. The van der Waals surface area contributed by atoms with E-state index in [0.717, 1.165) is 25.7 Å². The molecule has 2 unspecified atom stereocenters. The minimum atomic E-state index is -0.451. The number of hydrogen-bond donors (Lipinski definition) is 1. The molecule has 1 saturated carbocycles. The van der Waals surface area contributed by atoms with Crippen LogP contribution in [0.2, 0.25) is 0 Å². The molecule has 8 heteroatoms. The molecule has 2 aromatic heterocycles. The first-order chi connectivity index (χ1) is 9.59. The summed E-state index contributed by atoms with van der Waals surface area (Å²) in [5.41, 5.74) is 0. The number of imidazole rings is 1. The zero-order valence-corrected chi connectivity index (χ0v) is 11.9. The molecule has 3 rings (SSSR count). The number of likely N-dealkylation sites (N-methyl/N-ethyl adjacent to an activating group) is 1. The normalized spacial score (nSPS) is 23.1. The van der Waals surface area contributed by atoms with Crippen molar-refractivity contribution in [1.82, 2.24) is 9.38 Å². The van der Waals surface area contributed by atoms with Gasteiger partial charge in [-0.15, -0.1) is 0 Å². The fourth-order valence-electron chi connectivity index (χ4n) is 2.87. The number of thiazole rings is 1. The molecule has 1 aliphatic rings. The molecule has 0 aromatic carbocycles. The van der Waals surface area contributed by atoms with Gasteiger partial charge in [-0.3, -0.25) is 0 Å². The third-order valence-corrected chi connectivity index (χ3v) is 4.67. The minimum Gasteiger partial charge on any atom is -0.391 e. The zero-order valence-electron chi connectivity index (χ0n) is 11.1. The van der Waals surface area contributed by atoms with Crippen molar-refractivity contribution in [2.45, 2.75) is 37.8 Å². The Balaban J connectivity index is 2.02. The summed E-state index contributed by atoms with van der Waals surface area (Å²) in [6, 6.07) is -0.105. The van der Waals surface area contributed by atoms with Crippen molar-refractivity contribution in [1.29, 1.82) is 0 Å². The quantitative estimate of drug-likeness (QED) is 0.692. The third-order valence-electron chi connectivity index (χ3n) is 3.92. The number of anilines is 1. The Hall–Kier alpha value is -1.67. The lowest BCUT2D eigenvalue weighted by molar-refractivity contribution is -0.389. The van der Waals surface area contributed by atoms with Crippen LogP contribution >= 0.6 is 11.3 Å². The van der Waals surface area contributed by atoms with Gasteiger partial charge in [0.15, 0.2) is 0 Å². The molecule has 0 radical (unpaired) electrons. The van der Waals surface area contributed by atoms with E-state index < -0.39 is 11.0 Å². The Kier molecular flexibility index (Phi) is 3.35. The second-order valence-corrected chi connectivity index (χ2v) is 5.97. The van der Waals surface area contributed by atoms with Gasteiger partial charge < -0.3 is 20.1 Å². The van der Waals surface area contributed by atoms with Gasteiger partial charge in [0.25, 0.3) is 4.96 Å². The van der Waals surface area contributed by atoms with Crippen molar-refractivity contribution in [3.8, 4) is 0 Å². The van der Waals surface area contributed by atoms with Crippen molar-refractivity contribution in [2.75, 3.05) is 11.9 Å². The van der Waals surface area contributed by atoms with E-state index in [0.29, 0.717) is 10.8 Å². The molecule has 1 fully saturated rings. The van der Waals surface area contributed by atoms with E-state index in [9.17, 15) is 15.2 Å². The minimum absolute atomic E-state index is 0.0264. The van der Waals surface area contributed by atoms with Crippen molar-refractivity contribution < 1.29 is 10.0 Å². The summed E-state index contributed by atoms with van der Waals surface area (Å²) in [6.07, 6.45) is 4.81. The fourth-order valence-corrected chi connectivity index (χ4v) is 3.57. The predicted octanol–water partition coefficient (Wildman–Crippen LogP) is 2.04. The number of nitro groups is 1. The fraction of sp³-hybridized carbons (Fsp3) is 0.583. The number of nitrogens with zero attached hydrogens (tertiary/aromatic N) is 4. The van der Waals surface area contributed by atoms with Crippen molar-refractivity contribution in [3.63, 3.8) is 0 Å². The van der Waals surface area contributed by atoms with Gasteiger partial charge in [0, 0.05) is 12.4 Å². The second-order valence-electron chi connectivity index (χ2n) is 5.10. The molecule has 0 aliphatic heterocycles. The Labute approximate surface area is 119 Å². The maximum absolute atomic E-state index is 11.3. The molecule has 20 heavy (non-hydrogen) atoms. The topological polar surface area (TPSA) is 83.9 Å². The highest BCUT2D eigenvalue weighted by Gasteiger charge is 2.33. The van der Waals surface area contributed by atoms with Crippen LogP contribution in [0.4, 0.5) is 11.6 Å². The standard InChI is InChI=1S/C12H16N4O3S/c1-14(8-4-2-3-5-9(8)17)10-11(16(18)19)15-6-7-20-12(15)13-10/h6-9,17H,2-5H2,1H3. The molecule has 1 aliphatic carbocycles. The summed E-state index contributed by atoms with van der Waals surface area (Å²) in [4.78, 5) is 17.6. The Morgan fingerprint density at radius 3 is 3.00 bits per heavy atom. The predicted molar refractivity (Wildman–Crippen MR) is 76.4 cm³/mol. The summed E-state index contributed by atoms with van der Waals surface area (Å²) < 4.78 is 1.49. The molecular formula is C12H16N4O3S. The van der Waals surface area contributed by atoms with Gasteiger partial charge in [0.2, 0.25) is 5.82 Å². The summed E-state index contributed by atoms with van der Waals surface area (Å²) in [6.45, 7) is 0. The average molecular weight is 296 g/mol. The number of aliphatic hydroxyl groups is 1. The Bertz CT molecular complexity index is 638. The zero-order chi connectivity index (χ0) is 14.3. The van der Waals surface area contributed by atoms with Crippen LogP contribution in [0.15, 0.2) is 11.6 Å². The average Bonchev–Trinajstić information content (AvgIpc) is 2.97. The Morgan fingerprint density at radius 1 is 1.55 bits per heavy atom. The van der Waals surface area contributed by atoms with Crippen LogP contribution in [0.5, 0.6) is 0 Å². The molecule has 7 nitrogen and oxygen atoms in total. The van der Waals surface area contributed by atoms with Gasteiger partial charge in [-0.2, -0.15) is 9.38 Å². The van der Waals surface area contributed by atoms with E-state index >= 15 is 0 Å². The maximum Gasteiger partial charge on any atom is 0.373 e. The highest BCUT2D eigenvalue weighted by atomic mass is 32.1. The number of aliphatic hydroxyl groups excluding tert-OH is 1. The van der Waals surface area contributed by atoms with E-state index in [-0.39, 0.29) is 11.9 Å². The number of hydrogen-bond acceptors (Lipinski definition) is 6. The highest BCUT2D eigenvalue weighted by molar-refractivity contribution is 7.15. The van der Waals surface area contributed by atoms with Crippen molar-refractivity contribution >= 4 is 27.9 Å². The van der Waals surface area contributed by atoms with E-state index in [4.69, 9.17) is 0 Å². The first-order valence-corrected chi connectivity index (χ1v) is 7.48. The van der Waals surface area contributed by atoms with Crippen molar-refractivity contribution in [3.05, 3.63) is 21.7 Å². The van der Waals surface area contributed by atoms with Gasteiger partial charge in [0.1, 0.15) is 6.20 Å². The van der Waals surface area contributed by atoms with Crippen molar-refractivity contribution in [2.24, 2.45) is 0 Å². The van der Waals surface area contributed by atoms with Crippen LogP contribution in [0.1, 0.15) is 25.7 Å². The van der Waals surface area contributed by atoms with E-state index in [1.54, 1.807) is 23.5 Å². The van der Waals surface area contributed by atoms with Crippen LogP contribution in [-0.2, 0) is 0 Å². The number of rotatable bonds is 3. The lowest BCUT2D eigenvalue weighted by Gasteiger charge is -2.34. The monoisotopic (exact) mass is 296 g/mol. The second kappa shape index (κ2) is 5.02. The first-order valence-electron chi connectivity index (χ1n) is 6.60. The number of aromatic nitrogens is 2. The van der Waals surface area contributed by atoms with Crippen LogP contribution in [0.3, 0.4) is 0 Å². The molecule has 108 valence electrons. The summed E-state index contributed by atoms with van der Waals surface area (Å²) in [5, 5.41) is 23.2. The Morgan fingerprint density at radius 2 is 2.30 bits per heavy atom. The molecule has 0 amide bonds. The van der Waals surface area contributed by atoms with Crippen LogP contribution in [0, 0.1) is 10.1 Å². The molecule has 0 spiro atoms. The smallest absolute Gasteiger partial charge is 0.373 e. The maximum atomic E-state index is 11.3. The molecule has 2 atom stereocenters. The van der Waals surface area contributed by atoms with Gasteiger partial charge in [-0.1, -0.05) is 24.2 Å². The van der Waals surface area contributed by atoms with Crippen LogP contribution < -0.4 is 4.90 Å². The molecule has 1 N–H and O–H groups in total. The van der Waals surface area contributed by atoms with E-state index in [1.165, 1.54) is 15.7 Å².